The first-order valence-corrected chi connectivity index (χ1v) is 14.7. The summed E-state index contributed by atoms with van der Waals surface area (Å²) in [7, 11) is 0. The Balaban J connectivity index is 1.66. The molecule has 0 amide bonds. The van der Waals surface area contributed by atoms with E-state index in [1.54, 1.807) is 0 Å². The van der Waals surface area contributed by atoms with E-state index < -0.39 is 6.10 Å². The van der Waals surface area contributed by atoms with Crippen LogP contribution in [0.15, 0.2) is 0 Å². The van der Waals surface area contributed by atoms with Crippen molar-refractivity contribution < 1.29 is 29.3 Å². The van der Waals surface area contributed by atoms with Gasteiger partial charge in [-0.25, -0.2) is 0 Å². The Kier molecular flexibility index (Phi) is 8.01. The number of fused-ring (bicyclic) bond motifs is 5. The highest BCUT2D eigenvalue weighted by molar-refractivity contribution is 9.09. The monoisotopic (exact) mass is 556 g/mol. The number of esters is 2. The molecule has 200 valence electrons. The van der Waals surface area contributed by atoms with Gasteiger partial charge >= 0.3 is 11.9 Å². The van der Waals surface area contributed by atoms with Crippen LogP contribution in [0.5, 0.6) is 0 Å². The van der Waals surface area contributed by atoms with Crippen molar-refractivity contribution in [3.05, 3.63) is 0 Å². The van der Waals surface area contributed by atoms with E-state index in [1.165, 1.54) is 6.92 Å². The van der Waals surface area contributed by atoms with Crippen LogP contribution < -0.4 is 0 Å². The molecule has 0 aromatic carbocycles. The minimum Gasteiger partial charge on any atom is -0.466 e. The molecule has 35 heavy (non-hydrogen) atoms. The fourth-order valence-electron chi connectivity index (χ4n) is 9.25. The Morgan fingerprint density at radius 2 is 1.80 bits per heavy atom. The molecular weight excluding hydrogens is 512 g/mol. The maximum atomic E-state index is 12.3. The van der Waals surface area contributed by atoms with Gasteiger partial charge in [0.25, 0.3) is 0 Å². The summed E-state index contributed by atoms with van der Waals surface area (Å²) in [6.07, 6.45) is 5.38. The molecule has 6 nitrogen and oxygen atoms in total. The van der Waals surface area contributed by atoms with Crippen molar-refractivity contribution in [1.82, 2.24) is 0 Å². The molecule has 0 aromatic rings. The predicted octanol–water partition coefficient (Wildman–Crippen LogP) is 4.87. The highest BCUT2D eigenvalue weighted by Crippen LogP contribution is 2.69. The number of aliphatic hydroxyl groups is 2. The first-order valence-electron chi connectivity index (χ1n) is 13.8. The zero-order valence-corrected chi connectivity index (χ0v) is 23.6. The summed E-state index contributed by atoms with van der Waals surface area (Å²) in [5, 5.41) is 22.1. The predicted molar refractivity (Wildman–Crippen MR) is 137 cm³/mol. The Morgan fingerprint density at radius 1 is 1.09 bits per heavy atom. The van der Waals surface area contributed by atoms with Gasteiger partial charge in [0.2, 0.25) is 0 Å². The van der Waals surface area contributed by atoms with E-state index >= 15 is 0 Å². The number of carbonyl (C=O) groups is 2. The van der Waals surface area contributed by atoms with Crippen molar-refractivity contribution in [2.75, 3.05) is 6.61 Å². The lowest BCUT2D eigenvalue weighted by Crippen LogP contribution is -2.66. The lowest BCUT2D eigenvalue weighted by atomic mass is 9.43. The van der Waals surface area contributed by atoms with E-state index in [0.29, 0.717) is 25.4 Å². The van der Waals surface area contributed by atoms with E-state index in [1.807, 2.05) is 6.92 Å². The van der Waals surface area contributed by atoms with Crippen molar-refractivity contribution >= 4 is 27.9 Å². The lowest BCUT2D eigenvalue weighted by Gasteiger charge is -2.65. The fraction of sp³-hybridized carbons (Fsp3) is 0.929. The van der Waals surface area contributed by atoms with Gasteiger partial charge in [-0.2, -0.15) is 0 Å². The number of rotatable bonds is 6. The summed E-state index contributed by atoms with van der Waals surface area (Å²) in [5.41, 5.74) is -0.253. The van der Waals surface area contributed by atoms with Crippen molar-refractivity contribution in [3.8, 4) is 0 Å². The molecule has 0 aliphatic heterocycles. The molecule has 2 N–H and O–H groups in total. The lowest BCUT2D eigenvalue weighted by molar-refractivity contribution is -0.214. The second-order valence-electron chi connectivity index (χ2n) is 12.5. The minimum absolute atomic E-state index is 0.00929. The molecule has 0 spiro atoms. The number of alkyl halides is 1. The van der Waals surface area contributed by atoms with Gasteiger partial charge in [0.15, 0.2) is 0 Å². The molecule has 0 heterocycles. The van der Waals surface area contributed by atoms with Crippen LogP contribution in [-0.2, 0) is 19.1 Å². The molecule has 4 fully saturated rings. The molecule has 12 atom stereocenters. The molecule has 4 rings (SSSR count). The topological polar surface area (TPSA) is 93.1 Å². The van der Waals surface area contributed by atoms with Gasteiger partial charge in [0, 0.05) is 23.6 Å². The minimum atomic E-state index is -0.487. The van der Waals surface area contributed by atoms with Crippen LogP contribution >= 0.6 is 15.9 Å². The Hall–Kier alpha value is -0.660. The number of hydrogen-bond acceptors (Lipinski definition) is 6. The molecule has 0 radical (unpaired) electrons. The van der Waals surface area contributed by atoms with Crippen LogP contribution in [0.2, 0.25) is 0 Å². The third-order valence-electron chi connectivity index (χ3n) is 10.9. The third kappa shape index (κ3) is 4.60. The van der Waals surface area contributed by atoms with Crippen molar-refractivity contribution in [2.45, 2.75) is 109 Å². The first-order chi connectivity index (χ1) is 16.4. The summed E-state index contributed by atoms with van der Waals surface area (Å²) in [6, 6.07) is 0. The summed E-state index contributed by atoms with van der Waals surface area (Å²) in [4.78, 5) is 24.3. The van der Waals surface area contributed by atoms with Gasteiger partial charge in [0.05, 0.1) is 18.8 Å². The molecule has 4 aliphatic carbocycles. The maximum absolute atomic E-state index is 12.3. The molecular formula is C28H45BrO6. The van der Waals surface area contributed by atoms with Crippen LogP contribution in [0.25, 0.3) is 0 Å². The number of ether oxygens (including phenoxy) is 2. The third-order valence-corrected chi connectivity index (χ3v) is 12.1. The smallest absolute Gasteiger partial charge is 0.305 e. The molecule has 4 saturated carbocycles. The maximum Gasteiger partial charge on any atom is 0.305 e. The highest BCUT2D eigenvalue weighted by Gasteiger charge is 2.68. The second-order valence-corrected chi connectivity index (χ2v) is 13.5. The zero-order chi connectivity index (χ0) is 25.7. The molecule has 0 bridgehead atoms. The summed E-state index contributed by atoms with van der Waals surface area (Å²) >= 11 is 3.89. The number of halogens is 1. The molecule has 4 aliphatic rings. The van der Waals surface area contributed by atoms with Gasteiger partial charge in [0.1, 0.15) is 6.10 Å². The van der Waals surface area contributed by atoms with Gasteiger partial charge in [-0.15, -0.1) is 0 Å². The summed E-state index contributed by atoms with van der Waals surface area (Å²) < 4.78 is 11.3. The van der Waals surface area contributed by atoms with Gasteiger partial charge in [-0.1, -0.05) is 36.7 Å². The quantitative estimate of drug-likeness (QED) is 0.358. The molecule has 0 aromatic heterocycles. The molecule has 0 saturated heterocycles. The average molecular weight is 558 g/mol. The van der Waals surface area contributed by atoms with Crippen molar-refractivity contribution in [2.24, 2.45) is 46.3 Å². The van der Waals surface area contributed by atoms with Crippen molar-refractivity contribution in [1.29, 1.82) is 0 Å². The van der Waals surface area contributed by atoms with Crippen LogP contribution in [0.3, 0.4) is 0 Å². The van der Waals surface area contributed by atoms with Crippen LogP contribution in [0.4, 0.5) is 0 Å². The van der Waals surface area contributed by atoms with Gasteiger partial charge in [-0.05, 0) is 92.8 Å². The Labute approximate surface area is 219 Å². The Morgan fingerprint density at radius 3 is 2.46 bits per heavy atom. The summed E-state index contributed by atoms with van der Waals surface area (Å²) in [6.45, 7) is 10.6. The highest BCUT2D eigenvalue weighted by atomic mass is 79.9. The largest absolute Gasteiger partial charge is 0.466 e. The van der Waals surface area contributed by atoms with Gasteiger partial charge in [-0.3, -0.25) is 9.59 Å². The summed E-state index contributed by atoms with van der Waals surface area (Å²) in [5.74, 6) is 1.04. The first kappa shape index (κ1) is 27.4. The van der Waals surface area contributed by atoms with E-state index in [4.69, 9.17) is 9.47 Å². The van der Waals surface area contributed by atoms with Crippen LogP contribution in [0, 0.1) is 46.3 Å². The van der Waals surface area contributed by atoms with Crippen molar-refractivity contribution in [3.63, 3.8) is 0 Å². The van der Waals surface area contributed by atoms with Crippen LogP contribution in [0.1, 0.15) is 86.0 Å². The van der Waals surface area contributed by atoms with Crippen LogP contribution in [-0.4, -0.2) is 51.9 Å². The number of carbonyl (C=O) groups excluding carboxylic acids is 2. The zero-order valence-electron chi connectivity index (χ0n) is 22.0. The van der Waals surface area contributed by atoms with E-state index in [-0.39, 0.29) is 69.4 Å². The van der Waals surface area contributed by atoms with Gasteiger partial charge < -0.3 is 19.7 Å². The SMILES string of the molecule is CCOC(=O)CC[C@H](C)[C@H]1CC[C@@H]2[C@@H]3[C@H](O)[C@H](Br)[C@@H]4C[C@H](O)CC[C@]4(C)[C@H]3C[C@H](OC(C)=O)[C@@]21C. The Bertz CT molecular complexity index is 804. The van der Waals surface area contributed by atoms with E-state index in [0.717, 1.165) is 38.5 Å². The number of aliphatic hydroxyl groups excluding tert-OH is 2. The fourth-order valence-corrected chi connectivity index (χ4v) is 10.4. The molecule has 7 heteroatoms. The standard InChI is InChI=1S/C28H45BrO6/c1-6-34-23(32)10-7-15(2)18-8-9-19-24-20(14-22(28(18,19)5)35-16(3)30)27(4)12-11-17(31)13-21(27)25(29)26(24)33/h15,17-22,24-26,31,33H,6-14H2,1-5H3/t15-,17+,18+,19+,20-,21-,22-,24-,25+,26-,27+,28+/m0/s1. The average Bonchev–Trinajstić information content (AvgIpc) is 3.15. The van der Waals surface area contributed by atoms with E-state index in [9.17, 15) is 19.8 Å². The second kappa shape index (κ2) is 10.2. The number of hydrogen-bond donors (Lipinski definition) is 2. The van der Waals surface area contributed by atoms with E-state index in [2.05, 4.69) is 36.7 Å². The normalized spacial score (nSPS) is 47.7. The molecule has 0 unspecified atom stereocenters.